The van der Waals surface area contributed by atoms with Crippen molar-refractivity contribution in [2.75, 3.05) is 13.2 Å². The van der Waals surface area contributed by atoms with Crippen LogP contribution in [0.1, 0.15) is 0 Å². The monoisotopic (exact) mass is 331 g/mol. The first-order valence-corrected chi connectivity index (χ1v) is 6.14. The van der Waals surface area contributed by atoms with E-state index in [2.05, 4.69) is 27.7 Å². The lowest BCUT2D eigenvalue weighted by Gasteiger charge is -2.24. The Balaban J connectivity index is 2.04. The normalized spacial score (nSPS) is 16.6. The molecule has 84 valence electrons. The fraction of sp³-hybridized carbons (Fsp3) is 0.400. The second-order valence-corrected chi connectivity index (χ2v) is 5.19. The van der Waals surface area contributed by atoms with Gasteiger partial charge in [-0.1, -0.05) is 0 Å². The minimum atomic E-state index is -0.0710. The van der Waals surface area contributed by atoms with Gasteiger partial charge in [-0.3, -0.25) is 4.40 Å². The number of hydrogen-bond acceptors (Lipinski definition) is 3. The van der Waals surface area contributed by atoms with Gasteiger partial charge in [0, 0.05) is 15.7 Å². The maximum atomic E-state index is 11.9. The standard InChI is InChI=1S/C10H10IN3O2/c11-8-1-2-13-9(3-8)12-14(10(13)15)4-7-5-16-6-7/h1-3,7H,4-6H2. The molecule has 6 heteroatoms. The fourth-order valence-electron chi connectivity index (χ4n) is 1.75. The van der Waals surface area contributed by atoms with Gasteiger partial charge in [-0.15, -0.1) is 5.10 Å². The number of fused-ring (bicyclic) bond motifs is 1. The van der Waals surface area contributed by atoms with Gasteiger partial charge in [0.1, 0.15) is 0 Å². The molecule has 0 atom stereocenters. The Kier molecular flexibility index (Phi) is 2.47. The van der Waals surface area contributed by atoms with Crippen LogP contribution >= 0.6 is 22.6 Å². The van der Waals surface area contributed by atoms with Crippen molar-refractivity contribution in [2.24, 2.45) is 5.92 Å². The zero-order chi connectivity index (χ0) is 11.1. The van der Waals surface area contributed by atoms with Crippen LogP contribution in [0.2, 0.25) is 0 Å². The van der Waals surface area contributed by atoms with Crippen molar-refractivity contribution >= 4 is 28.2 Å². The number of hydrogen-bond donors (Lipinski definition) is 0. The summed E-state index contributed by atoms with van der Waals surface area (Å²) in [4.78, 5) is 11.9. The Hall–Kier alpha value is -0.890. The highest BCUT2D eigenvalue weighted by Crippen LogP contribution is 2.12. The lowest BCUT2D eigenvalue weighted by atomic mass is 10.1. The Morgan fingerprint density at radius 2 is 2.38 bits per heavy atom. The maximum Gasteiger partial charge on any atom is 0.350 e. The number of ether oxygens (including phenoxy) is 1. The van der Waals surface area contributed by atoms with E-state index in [0.717, 1.165) is 16.8 Å². The predicted octanol–water partition coefficient (Wildman–Crippen LogP) is 0.747. The van der Waals surface area contributed by atoms with Gasteiger partial charge in [-0.05, 0) is 34.7 Å². The van der Waals surface area contributed by atoms with E-state index in [1.165, 1.54) is 4.68 Å². The molecule has 16 heavy (non-hydrogen) atoms. The van der Waals surface area contributed by atoms with Crippen LogP contribution in [0.5, 0.6) is 0 Å². The van der Waals surface area contributed by atoms with E-state index in [1.807, 2.05) is 12.1 Å². The van der Waals surface area contributed by atoms with E-state index < -0.39 is 0 Å². The number of halogens is 1. The van der Waals surface area contributed by atoms with Gasteiger partial charge >= 0.3 is 5.69 Å². The third kappa shape index (κ3) is 1.65. The molecule has 0 radical (unpaired) electrons. The van der Waals surface area contributed by atoms with Crippen LogP contribution in [-0.4, -0.2) is 27.4 Å². The Morgan fingerprint density at radius 3 is 3.06 bits per heavy atom. The molecule has 0 unspecified atom stereocenters. The lowest BCUT2D eigenvalue weighted by molar-refractivity contribution is -0.0412. The van der Waals surface area contributed by atoms with Crippen LogP contribution in [0.4, 0.5) is 0 Å². The van der Waals surface area contributed by atoms with E-state index in [-0.39, 0.29) is 5.69 Å². The Labute approximate surface area is 105 Å². The van der Waals surface area contributed by atoms with Crippen molar-refractivity contribution in [2.45, 2.75) is 6.54 Å². The molecule has 0 aliphatic carbocycles. The molecule has 3 rings (SSSR count). The van der Waals surface area contributed by atoms with Crippen LogP contribution in [0, 0.1) is 9.49 Å². The van der Waals surface area contributed by atoms with E-state index in [0.29, 0.717) is 18.1 Å². The molecule has 0 amide bonds. The molecule has 1 fully saturated rings. The van der Waals surface area contributed by atoms with E-state index >= 15 is 0 Å². The molecule has 0 bridgehead atoms. The first-order chi connectivity index (χ1) is 7.74. The molecule has 0 spiro atoms. The van der Waals surface area contributed by atoms with Gasteiger partial charge in [0.25, 0.3) is 0 Å². The predicted molar refractivity (Wildman–Crippen MR) is 66.5 cm³/mol. The highest BCUT2D eigenvalue weighted by molar-refractivity contribution is 14.1. The fourth-order valence-corrected chi connectivity index (χ4v) is 2.19. The number of nitrogens with zero attached hydrogens (tertiary/aromatic N) is 3. The quantitative estimate of drug-likeness (QED) is 0.763. The Morgan fingerprint density at radius 1 is 1.56 bits per heavy atom. The number of aromatic nitrogens is 3. The first-order valence-electron chi connectivity index (χ1n) is 5.06. The summed E-state index contributed by atoms with van der Waals surface area (Å²) in [7, 11) is 0. The molecule has 2 aromatic heterocycles. The molecule has 1 aliphatic rings. The van der Waals surface area contributed by atoms with Gasteiger partial charge in [0.2, 0.25) is 0 Å². The number of pyridine rings is 1. The average Bonchev–Trinajstić information content (AvgIpc) is 2.49. The van der Waals surface area contributed by atoms with Gasteiger partial charge in [-0.2, -0.15) is 0 Å². The topological polar surface area (TPSA) is 48.5 Å². The summed E-state index contributed by atoms with van der Waals surface area (Å²) in [6, 6.07) is 3.79. The van der Waals surface area contributed by atoms with Crippen molar-refractivity contribution in [1.82, 2.24) is 14.2 Å². The second kappa shape index (κ2) is 3.85. The van der Waals surface area contributed by atoms with E-state index in [4.69, 9.17) is 4.74 Å². The SMILES string of the molecule is O=c1n(CC2COC2)nc2cc(I)ccn12. The summed E-state index contributed by atoms with van der Waals surface area (Å²) in [5.41, 5.74) is 0.635. The molecule has 0 N–H and O–H groups in total. The van der Waals surface area contributed by atoms with Crippen molar-refractivity contribution in [1.29, 1.82) is 0 Å². The molecule has 1 saturated heterocycles. The van der Waals surface area contributed by atoms with Crippen molar-refractivity contribution in [3.05, 3.63) is 32.4 Å². The second-order valence-electron chi connectivity index (χ2n) is 3.94. The first kappa shape index (κ1) is 10.3. The van der Waals surface area contributed by atoms with Crippen molar-refractivity contribution in [3.63, 3.8) is 0 Å². The van der Waals surface area contributed by atoms with Crippen LogP contribution in [-0.2, 0) is 11.3 Å². The summed E-state index contributed by atoms with van der Waals surface area (Å²) < 4.78 is 9.26. The zero-order valence-electron chi connectivity index (χ0n) is 8.47. The molecule has 0 saturated carbocycles. The maximum absolute atomic E-state index is 11.9. The minimum Gasteiger partial charge on any atom is -0.381 e. The summed E-state index contributed by atoms with van der Waals surface area (Å²) in [5, 5.41) is 4.30. The largest absolute Gasteiger partial charge is 0.381 e. The summed E-state index contributed by atoms with van der Waals surface area (Å²) in [6.45, 7) is 2.12. The molecule has 5 nitrogen and oxygen atoms in total. The van der Waals surface area contributed by atoms with Gasteiger partial charge in [0.05, 0.1) is 19.8 Å². The van der Waals surface area contributed by atoms with Crippen LogP contribution in [0.15, 0.2) is 23.1 Å². The smallest absolute Gasteiger partial charge is 0.350 e. The number of rotatable bonds is 2. The third-order valence-corrected chi connectivity index (χ3v) is 3.36. The molecule has 0 aromatic carbocycles. The van der Waals surface area contributed by atoms with E-state index in [1.54, 1.807) is 10.6 Å². The van der Waals surface area contributed by atoms with Crippen LogP contribution < -0.4 is 5.69 Å². The van der Waals surface area contributed by atoms with Gasteiger partial charge in [0.15, 0.2) is 5.65 Å². The third-order valence-electron chi connectivity index (χ3n) is 2.68. The minimum absolute atomic E-state index is 0.0710. The molecular weight excluding hydrogens is 321 g/mol. The van der Waals surface area contributed by atoms with Gasteiger partial charge in [-0.25, -0.2) is 9.48 Å². The zero-order valence-corrected chi connectivity index (χ0v) is 10.6. The van der Waals surface area contributed by atoms with Crippen LogP contribution in [0.3, 0.4) is 0 Å². The molecular formula is C10H10IN3O2. The summed E-state index contributed by atoms with van der Waals surface area (Å²) in [5.74, 6) is 0.432. The van der Waals surface area contributed by atoms with E-state index in [9.17, 15) is 4.79 Å². The van der Waals surface area contributed by atoms with Crippen molar-refractivity contribution < 1.29 is 4.74 Å². The van der Waals surface area contributed by atoms with Crippen LogP contribution in [0.25, 0.3) is 5.65 Å². The lowest BCUT2D eigenvalue weighted by Crippen LogP contribution is -2.35. The summed E-state index contributed by atoms with van der Waals surface area (Å²) >= 11 is 2.21. The molecule has 1 aliphatic heterocycles. The highest BCUT2D eigenvalue weighted by Gasteiger charge is 2.20. The summed E-state index contributed by atoms with van der Waals surface area (Å²) in [6.07, 6.45) is 1.76. The highest BCUT2D eigenvalue weighted by atomic mass is 127. The molecule has 2 aromatic rings. The average molecular weight is 331 g/mol. The van der Waals surface area contributed by atoms with Gasteiger partial charge < -0.3 is 4.74 Å². The van der Waals surface area contributed by atoms with Crippen molar-refractivity contribution in [3.8, 4) is 0 Å². The molecule has 3 heterocycles. The Bertz CT molecular complexity index is 585.